The Bertz CT molecular complexity index is 570. The van der Waals surface area contributed by atoms with E-state index >= 15 is 0 Å². The smallest absolute Gasteiger partial charge is 0.0837 e. The quantitative estimate of drug-likeness (QED) is 0.627. The van der Waals surface area contributed by atoms with Crippen LogP contribution in [0.15, 0.2) is 30.5 Å². The van der Waals surface area contributed by atoms with Crippen LogP contribution in [0.2, 0.25) is 0 Å². The second-order valence-corrected chi connectivity index (χ2v) is 4.40. The van der Waals surface area contributed by atoms with Gasteiger partial charge in [-0.1, -0.05) is 31.0 Å². The van der Waals surface area contributed by atoms with Crippen LogP contribution in [0.25, 0.3) is 10.9 Å². The molecule has 0 unspecified atom stereocenters. The van der Waals surface area contributed by atoms with Crippen molar-refractivity contribution in [2.75, 3.05) is 6.54 Å². The number of benzene rings is 1. The first-order chi connectivity index (χ1) is 8.86. The first-order valence-corrected chi connectivity index (χ1v) is 6.54. The Labute approximate surface area is 109 Å². The van der Waals surface area contributed by atoms with Crippen LogP contribution in [-0.4, -0.2) is 11.1 Å². The molecular weight excluding hydrogens is 220 g/mol. The van der Waals surface area contributed by atoms with Crippen molar-refractivity contribution in [3.63, 3.8) is 0 Å². The first-order valence-electron chi connectivity index (χ1n) is 6.54. The molecule has 0 aliphatic carbocycles. The number of aromatic nitrogens is 1. The third-order valence-corrected chi connectivity index (χ3v) is 3.04. The van der Waals surface area contributed by atoms with E-state index in [-0.39, 0.29) is 0 Å². The van der Waals surface area contributed by atoms with Crippen LogP contribution in [0, 0.1) is 11.8 Å². The minimum atomic E-state index is 0.769. The van der Waals surface area contributed by atoms with Gasteiger partial charge in [0.25, 0.3) is 0 Å². The third-order valence-electron chi connectivity index (χ3n) is 3.04. The minimum Gasteiger partial charge on any atom is -0.335 e. The maximum Gasteiger partial charge on any atom is 0.0837 e. The fraction of sp³-hybridized carbons (Fsp3) is 0.375. The number of nitrogens with zero attached hydrogens (tertiary/aromatic N) is 1. The standard InChI is InChI=1S/C16H20N2/c1-3-5-11-18-13-14(12-17-10-4-2)15-8-6-7-9-16(15)18/h6-9,13,17H,4,10-12H2,1-2H3. The Kier molecular flexibility index (Phi) is 4.44. The van der Waals surface area contributed by atoms with Gasteiger partial charge in [-0.2, -0.15) is 0 Å². The lowest BCUT2D eigenvalue weighted by molar-refractivity contribution is 0.676. The van der Waals surface area contributed by atoms with Crippen LogP contribution in [0.4, 0.5) is 0 Å². The maximum absolute atomic E-state index is 3.46. The Hall–Kier alpha value is -1.72. The van der Waals surface area contributed by atoms with Crippen molar-refractivity contribution in [3.8, 4) is 11.8 Å². The van der Waals surface area contributed by atoms with Crippen LogP contribution in [0.1, 0.15) is 25.8 Å². The molecule has 0 saturated carbocycles. The summed E-state index contributed by atoms with van der Waals surface area (Å²) < 4.78 is 2.23. The van der Waals surface area contributed by atoms with E-state index in [0.717, 1.165) is 19.6 Å². The van der Waals surface area contributed by atoms with Crippen molar-refractivity contribution >= 4 is 10.9 Å². The van der Waals surface area contributed by atoms with Gasteiger partial charge in [0.15, 0.2) is 0 Å². The van der Waals surface area contributed by atoms with E-state index in [9.17, 15) is 0 Å². The van der Waals surface area contributed by atoms with Crippen LogP contribution in [0.3, 0.4) is 0 Å². The molecular formula is C16H20N2. The molecule has 0 spiro atoms. The van der Waals surface area contributed by atoms with Crippen LogP contribution < -0.4 is 5.32 Å². The predicted molar refractivity (Wildman–Crippen MR) is 77.4 cm³/mol. The summed E-state index contributed by atoms with van der Waals surface area (Å²) in [6, 6.07) is 8.53. The zero-order valence-electron chi connectivity index (χ0n) is 11.2. The number of hydrogen-bond donors (Lipinski definition) is 1. The Morgan fingerprint density at radius 1 is 1.28 bits per heavy atom. The van der Waals surface area contributed by atoms with E-state index in [1.165, 1.54) is 22.9 Å². The van der Waals surface area contributed by atoms with Gasteiger partial charge in [-0.05, 0) is 31.5 Å². The summed E-state index contributed by atoms with van der Waals surface area (Å²) >= 11 is 0. The molecule has 94 valence electrons. The van der Waals surface area contributed by atoms with Gasteiger partial charge >= 0.3 is 0 Å². The highest BCUT2D eigenvalue weighted by Crippen LogP contribution is 2.21. The summed E-state index contributed by atoms with van der Waals surface area (Å²) in [5, 5.41) is 4.80. The molecule has 2 aromatic rings. The summed E-state index contributed by atoms with van der Waals surface area (Å²) in [6.07, 6.45) is 3.39. The van der Waals surface area contributed by atoms with Crippen LogP contribution in [-0.2, 0) is 13.1 Å². The van der Waals surface area contributed by atoms with E-state index in [1.807, 2.05) is 6.92 Å². The Balaban J connectivity index is 2.30. The molecule has 1 N–H and O–H groups in total. The second kappa shape index (κ2) is 6.28. The molecule has 1 heterocycles. The number of hydrogen-bond acceptors (Lipinski definition) is 1. The largest absolute Gasteiger partial charge is 0.335 e. The summed E-state index contributed by atoms with van der Waals surface area (Å²) in [6.45, 7) is 6.84. The number of nitrogens with one attached hydrogen (secondary N) is 1. The molecule has 0 amide bonds. The lowest BCUT2D eigenvalue weighted by Gasteiger charge is -2.00. The summed E-state index contributed by atoms with van der Waals surface area (Å²) in [4.78, 5) is 0. The lowest BCUT2D eigenvalue weighted by atomic mass is 10.2. The minimum absolute atomic E-state index is 0.769. The number of fused-ring (bicyclic) bond motifs is 1. The van der Waals surface area contributed by atoms with Gasteiger partial charge in [0.05, 0.1) is 6.54 Å². The molecule has 1 aromatic heterocycles. The SMILES string of the molecule is CC#CCn1cc(CNCCC)c2ccccc21. The molecule has 2 rings (SSSR count). The molecule has 18 heavy (non-hydrogen) atoms. The average molecular weight is 240 g/mol. The van der Waals surface area contributed by atoms with Gasteiger partial charge in [-0.3, -0.25) is 0 Å². The molecule has 0 aliphatic rings. The lowest BCUT2D eigenvalue weighted by Crippen LogP contribution is -2.13. The Morgan fingerprint density at radius 3 is 2.89 bits per heavy atom. The normalized spacial score (nSPS) is 10.3. The van der Waals surface area contributed by atoms with Crippen molar-refractivity contribution in [1.29, 1.82) is 0 Å². The van der Waals surface area contributed by atoms with Gasteiger partial charge in [0.2, 0.25) is 0 Å². The van der Waals surface area contributed by atoms with E-state index in [0.29, 0.717) is 0 Å². The molecule has 0 saturated heterocycles. The van der Waals surface area contributed by atoms with Gasteiger partial charge < -0.3 is 9.88 Å². The number of rotatable bonds is 5. The molecule has 0 bridgehead atoms. The molecule has 1 aromatic carbocycles. The molecule has 0 radical (unpaired) electrons. The topological polar surface area (TPSA) is 17.0 Å². The van der Waals surface area contributed by atoms with Crippen molar-refractivity contribution in [1.82, 2.24) is 9.88 Å². The van der Waals surface area contributed by atoms with Crippen molar-refractivity contribution in [2.45, 2.75) is 33.4 Å². The third kappa shape index (κ3) is 2.75. The van der Waals surface area contributed by atoms with Crippen LogP contribution >= 0.6 is 0 Å². The second-order valence-electron chi connectivity index (χ2n) is 4.40. The van der Waals surface area contributed by atoms with Crippen molar-refractivity contribution < 1.29 is 0 Å². The zero-order chi connectivity index (χ0) is 12.8. The average Bonchev–Trinajstić information content (AvgIpc) is 2.76. The highest BCUT2D eigenvalue weighted by Gasteiger charge is 2.06. The van der Waals surface area contributed by atoms with E-state index < -0.39 is 0 Å². The molecule has 0 atom stereocenters. The molecule has 2 nitrogen and oxygen atoms in total. The van der Waals surface area contributed by atoms with Gasteiger partial charge in [0.1, 0.15) is 0 Å². The first kappa shape index (κ1) is 12.7. The van der Waals surface area contributed by atoms with Gasteiger partial charge in [0, 0.05) is 23.6 Å². The monoisotopic (exact) mass is 240 g/mol. The summed E-state index contributed by atoms with van der Waals surface area (Å²) in [5.41, 5.74) is 2.63. The highest BCUT2D eigenvalue weighted by atomic mass is 15.0. The highest BCUT2D eigenvalue weighted by molar-refractivity contribution is 5.84. The van der Waals surface area contributed by atoms with E-state index in [4.69, 9.17) is 0 Å². The Morgan fingerprint density at radius 2 is 2.11 bits per heavy atom. The fourth-order valence-electron chi connectivity index (χ4n) is 2.16. The van der Waals surface area contributed by atoms with Crippen molar-refractivity contribution in [3.05, 3.63) is 36.0 Å². The molecule has 0 fully saturated rings. The van der Waals surface area contributed by atoms with Gasteiger partial charge in [-0.15, -0.1) is 5.92 Å². The van der Waals surface area contributed by atoms with Gasteiger partial charge in [-0.25, -0.2) is 0 Å². The zero-order valence-corrected chi connectivity index (χ0v) is 11.2. The summed E-state index contributed by atoms with van der Waals surface area (Å²) in [7, 11) is 0. The summed E-state index contributed by atoms with van der Waals surface area (Å²) in [5.74, 6) is 6.09. The predicted octanol–water partition coefficient (Wildman–Crippen LogP) is 3.16. The molecule has 2 heteroatoms. The van der Waals surface area contributed by atoms with E-state index in [2.05, 4.69) is 59.1 Å². The maximum atomic E-state index is 3.46. The van der Waals surface area contributed by atoms with Crippen LogP contribution in [0.5, 0.6) is 0 Å². The number of para-hydroxylation sites is 1. The fourth-order valence-corrected chi connectivity index (χ4v) is 2.16. The molecule has 0 aliphatic heterocycles. The van der Waals surface area contributed by atoms with Crippen molar-refractivity contribution in [2.24, 2.45) is 0 Å². The van der Waals surface area contributed by atoms with E-state index in [1.54, 1.807) is 0 Å².